The van der Waals surface area contributed by atoms with E-state index in [2.05, 4.69) is 53.0 Å². The number of nitrogens with one attached hydrogen (secondary N) is 1. The molecule has 96 valence electrons. The average Bonchev–Trinajstić information content (AvgIpc) is 2.68. The number of aromatic amines is 1. The van der Waals surface area contributed by atoms with Crippen LogP contribution in [0.25, 0.3) is 10.9 Å². The topological polar surface area (TPSA) is 15.8 Å². The van der Waals surface area contributed by atoms with Crippen LogP contribution in [0.1, 0.15) is 37.9 Å². The Morgan fingerprint density at radius 2 is 2.22 bits per heavy atom. The van der Waals surface area contributed by atoms with Crippen molar-refractivity contribution < 1.29 is 0 Å². The Balaban J connectivity index is 1.99. The third-order valence-electron chi connectivity index (χ3n) is 4.08. The van der Waals surface area contributed by atoms with Crippen LogP contribution in [-0.4, -0.2) is 4.98 Å². The molecule has 1 aliphatic rings. The largest absolute Gasteiger partial charge is 0.357 e. The molecule has 0 radical (unpaired) electrons. The number of benzene rings is 1. The number of aromatic nitrogens is 1. The summed E-state index contributed by atoms with van der Waals surface area (Å²) in [5.41, 5.74) is 4.33. The molecule has 0 saturated heterocycles. The fourth-order valence-electron chi connectivity index (χ4n) is 3.35. The van der Waals surface area contributed by atoms with Crippen LogP contribution < -0.4 is 0 Å². The minimum absolute atomic E-state index is 0.813. The Morgan fingerprint density at radius 3 is 3.00 bits per heavy atom. The summed E-state index contributed by atoms with van der Waals surface area (Å²) in [6, 6.07) is 6.52. The first-order valence-electron chi connectivity index (χ1n) is 6.93. The van der Waals surface area contributed by atoms with Crippen LogP contribution in [0.5, 0.6) is 0 Å². The van der Waals surface area contributed by atoms with Crippen molar-refractivity contribution >= 4 is 26.8 Å². The molecule has 1 aromatic carbocycles. The number of rotatable bonds is 2. The maximum atomic E-state index is 3.65. The molecule has 1 unspecified atom stereocenters. The van der Waals surface area contributed by atoms with Gasteiger partial charge in [0.15, 0.2) is 0 Å². The van der Waals surface area contributed by atoms with Gasteiger partial charge in [-0.2, -0.15) is 0 Å². The van der Waals surface area contributed by atoms with Crippen molar-refractivity contribution in [3.05, 3.63) is 33.9 Å². The van der Waals surface area contributed by atoms with Gasteiger partial charge in [-0.15, -0.1) is 0 Å². The Bertz CT molecular complexity index is 568. The molecule has 1 nitrogen and oxygen atoms in total. The first kappa shape index (κ1) is 12.3. The van der Waals surface area contributed by atoms with Gasteiger partial charge in [-0.25, -0.2) is 0 Å². The molecule has 1 N–H and O–H groups in total. The maximum Gasteiger partial charge on any atom is 0.0603 e. The molecule has 1 aliphatic carbocycles. The number of hydrogen-bond acceptors (Lipinski definition) is 0. The lowest BCUT2D eigenvalue weighted by molar-refractivity contribution is 0.369. The second kappa shape index (κ2) is 4.73. The van der Waals surface area contributed by atoms with Crippen molar-refractivity contribution in [2.45, 2.75) is 39.5 Å². The van der Waals surface area contributed by atoms with Gasteiger partial charge in [0.1, 0.15) is 0 Å². The Morgan fingerprint density at radius 1 is 1.39 bits per heavy atom. The van der Waals surface area contributed by atoms with Crippen molar-refractivity contribution in [1.29, 1.82) is 0 Å². The first-order valence-corrected chi connectivity index (χ1v) is 7.72. The second-order valence-corrected chi connectivity index (χ2v) is 6.84. The highest BCUT2D eigenvalue weighted by molar-refractivity contribution is 9.10. The molecule has 0 saturated carbocycles. The zero-order chi connectivity index (χ0) is 12.7. The predicted molar refractivity (Wildman–Crippen MR) is 81.0 cm³/mol. The van der Waals surface area contributed by atoms with Gasteiger partial charge in [0.2, 0.25) is 0 Å². The molecule has 18 heavy (non-hydrogen) atoms. The first-order chi connectivity index (χ1) is 8.65. The van der Waals surface area contributed by atoms with Gasteiger partial charge in [0.05, 0.1) is 5.52 Å². The number of fused-ring (bicyclic) bond motifs is 3. The Kier molecular flexibility index (Phi) is 3.23. The third kappa shape index (κ3) is 2.11. The number of H-pyrrole nitrogens is 1. The van der Waals surface area contributed by atoms with E-state index < -0.39 is 0 Å². The van der Waals surface area contributed by atoms with Gasteiger partial charge >= 0.3 is 0 Å². The number of halogens is 1. The van der Waals surface area contributed by atoms with Crippen molar-refractivity contribution in [2.24, 2.45) is 11.8 Å². The molecule has 0 spiro atoms. The van der Waals surface area contributed by atoms with Gasteiger partial charge < -0.3 is 4.98 Å². The predicted octanol–water partition coefficient (Wildman–Crippen LogP) is 5.08. The van der Waals surface area contributed by atoms with Gasteiger partial charge in [0, 0.05) is 15.6 Å². The molecule has 0 fully saturated rings. The van der Waals surface area contributed by atoms with E-state index in [1.807, 2.05) is 0 Å². The SMILES string of the molecule is CC(C)CC1CCc2[nH]c3c(Br)cccc3c2C1. The third-order valence-corrected chi connectivity index (χ3v) is 4.74. The van der Waals surface area contributed by atoms with E-state index in [1.165, 1.54) is 46.8 Å². The smallest absolute Gasteiger partial charge is 0.0603 e. The summed E-state index contributed by atoms with van der Waals surface area (Å²) in [4.78, 5) is 3.61. The van der Waals surface area contributed by atoms with Crippen LogP contribution in [0, 0.1) is 11.8 Å². The van der Waals surface area contributed by atoms with Crippen molar-refractivity contribution in [3.8, 4) is 0 Å². The summed E-state index contributed by atoms with van der Waals surface area (Å²) in [6.07, 6.45) is 5.17. The molecule has 2 heteroatoms. The van der Waals surface area contributed by atoms with Gasteiger partial charge in [-0.3, -0.25) is 0 Å². The molecule has 1 aromatic heterocycles. The zero-order valence-electron chi connectivity index (χ0n) is 11.1. The average molecular weight is 306 g/mol. The molecule has 1 atom stereocenters. The highest BCUT2D eigenvalue weighted by Gasteiger charge is 2.23. The molecule has 2 aromatic rings. The molecule has 1 heterocycles. The van der Waals surface area contributed by atoms with E-state index >= 15 is 0 Å². The van der Waals surface area contributed by atoms with Crippen molar-refractivity contribution in [3.63, 3.8) is 0 Å². The standard InChI is InChI=1S/C16H20BrN/c1-10(2)8-11-6-7-15-13(9-11)12-4-3-5-14(17)16(12)18-15/h3-5,10-11,18H,6-9H2,1-2H3. The zero-order valence-corrected chi connectivity index (χ0v) is 12.7. The molecule has 3 rings (SSSR count). The van der Waals surface area contributed by atoms with E-state index in [9.17, 15) is 0 Å². The summed E-state index contributed by atoms with van der Waals surface area (Å²) in [6.45, 7) is 4.67. The molecular weight excluding hydrogens is 286 g/mol. The summed E-state index contributed by atoms with van der Waals surface area (Å²) < 4.78 is 1.19. The van der Waals surface area contributed by atoms with Crippen LogP contribution in [0.15, 0.2) is 22.7 Å². The highest BCUT2D eigenvalue weighted by Crippen LogP contribution is 2.36. The molecular formula is C16H20BrN. The summed E-state index contributed by atoms with van der Waals surface area (Å²) in [5.74, 6) is 1.68. The van der Waals surface area contributed by atoms with Gasteiger partial charge in [-0.1, -0.05) is 26.0 Å². The minimum atomic E-state index is 0.813. The number of para-hydroxylation sites is 1. The highest BCUT2D eigenvalue weighted by atomic mass is 79.9. The monoisotopic (exact) mass is 305 g/mol. The van der Waals surface area contributed by atoms with Crippen LogP contribution in [-0.2, 0) is 12.8 Å². The Labute approximate surface area is 117 Å². The normalized spacial score (nSPS) is 19.4. The summed E-state index contributed by atoms with van der Waals surface area (Å²) in [5, 5.41) is 1.42. The lowest BCUT2D eigenvalue weighted by atomic mass is 9.82. The maximum absolute atomic E-state index is 3.65. The van der Waals surface area contributed by atoms with E-state index in [-0.39, 0.29) is 0 Å². The molecule has 0 amide bonds. The van der Waals surface area contributed by atoms with E-state index in [0.29, 0.717) is 0 Å². The van der Waals surface area contributed by atoms with E-state index in [4.69, 9.17) is 0 Å². The lowest BCUT2D eigenvalue weighted by Crippen LogP contribution is -2.15. The molecule has 0 bridgehead atoms. The number of aryl methyl sites for hydroxylation is 1. The van der Waals surface area contributed by atoms with Gasteiger partial charge in [0.25, 0.3) is 0 Å². The molecule has 0 aliphatic heterocycles. The second-order valence-electron chi connectivity index (χ2n) is 5.98. The summed E-state index contributed by atoms with van der Waals surface area (Å²) in [7, 11) is 0. The number of hydrogen-bond donors (Lipinski definition) is 1. The quantitative estimate of drug-likeness (QED) is 0.796. The van der Waals surface area contributed by atoms with Crippen molar-refractivity contribution in [2.75, 3.05) is 0 Å². The van der Waals surface area contributed by atoms with Gasteiger partial charge in [-0.05, 0) is 65.1 Å². The fourth-order valence-corrected chi connectivity index (χ4v) is 3.81. The van der Waals surface area contributed by atoms with Crippen LogP contribution in [0.2, 0.25) is 0 Å². The fraction of sp³-hybridized carbons (Fsp3) is 0.500. The van der Waals surface area contributed by atoms with Crippen LogP contribution in [0.3, 0.4) is 0 Å². The summed E-state index contributed by atoms with van der Waals surface area (Å²) >= 11 is 3.65. The van der Waals surface area contributed by atoms with E-state index in [1.54, 1.807) is 5.56 Å². The van der Waals surface area contributed by atoms with Crippen LogP contribution in [0.4, 0.5) is 0 Å². The lowest BCUT2D eigenvalue weighted by Gasteiger charge is -2.23. The van der Waals surface area contributed by atoms with Crippen LogP contribution >= 0.6 is 15.9 Å². The Hall–Kier alpha value is -0.760. The minimum Gasteiger partial charge on any atom is -0.357 e. The van der Waals surface area contributed by atoms with E-state index in [0.717, 1.165) is 11.8 Å². The van der Waals surface area contributed by atoms with Crippen molar-refractivity contribution in [1.82, 2.24) is 4.98 Å².